The molecule has 0 radical (unpaired) electrons. The molecule has 10 nitrogen and oxygen atoms in total. The number of nitro groups is 1. The van der Waals surface area contributed by atoms with Crippen LogP contribution in [0.15, 0.2) is 54.9 Å². The van der Waals surface area contributed by atoms with E-state index in [4.69, 9.17) is 16.3 Å². The molecule has 0 aliphatic carbocycles. The van der Waals surface area contributed by atoms with Crippen LogP contribution < -0.4 is 20.9 Å². The van der Waals surface area contributed by atoms with Crippen molar-refractivity contribution in [3.63, 3.8) is 0 Å². The number of hydrogen-bond donors (Lipinski definition) is 3. The van der Waals surface area contributed by atoms with Gasteiger partial charge in [0, 0.05) is 11.8 Å². The molecule has 0 atom stereocenters. The Morgan fingerprint density at radius 3 is 2.62 bits per heavy atom. The number of carbonyl (C=O) groups is 1. The van der Waals surface area contributed by atoms with Crippen LogP contribution in [0.4, 0.5) is 23.0 Å². The molecule has 0 fully saturated rings. The molecule has 0 spiro atoms. The standard InChI is InChI=1S/C18H15ClN6O4/c1-29-12-6-4-5-11(9-12)22-16-15(25(27)28)17(21-10-20-16)23-24-18(26)13-7-2-3-8-14(13)19/h2-10H,1H3,(H,24,26)(H2,20,21,22,23). The molecule has 1 heterocycles. The van der Waals surface area contributed by atoms with Crippen LogP contribution in [0.25, 0.3) is 0 Å². The number of halogens is 1. The molecule has 0 bridgehead atoms. The lowest BCUT2D eigenvalue weighted by Crippen LogP contribution is -2.30. The molecule has 148 valence electrons. The number of rotatable bonds is 7. The Kier molecular flexibility index (Phi) is 6.05. The molecular weight excluding hydrogens is 400 g/mol. The van der Waals surface area contributed by atoms with E-state index in [9.17, 15) is 14.9 Å². The Balaban J connectivity index is 1.84. The van der Waals surface area contributed by atoms with Gasteiger partial charge in [-0.05, 0) is 24.3 Å². The van der Waals surface area contributed by atoms with Crippen molar-refractivity contribution in [2.24, 2.45) is 0 Å². The van der Waals surface area contributed by atoms with E-state index in [-0.39, 0.29) is 22.2 Å². The number of hydrazine groups is 1. The average Bonchev–Trinajstić information content (AvgIpc) is 2.72. The van der Waals surface area contributed by atoms with E-state index in [0.717, 1.165) is 6.33 Å². The van der Waals surface area contributed by atoms with E-state index in [1.54, 1.807) is 42.5 Å². The Hall–Kier alpha value is -3.92. The monoisotopic (exact) mass is 414 g/mol. The van der Waals surface area contributed by atoms with E-state index < -0.39 is 16.5 Å². The molecule has 0 saturated heterocycles. The number of amides is 1. The van der Waals surface area contributed by atoms with Crippen LogP contribution >= 0.6 is 11.6 Å². The zero-order chi connectivity index (χ0) is 20.8. The number of nitrogens with one attached hydrogen (secondary N) is 3. The van der Waals surface area contributed by atoms with Gasteiger partial charge < -0.3 is 10.1 Å². The second kappa shape index (κ2) is 8.85. The molecule has 1 amide bonds. The van der Waals surface area contributed by atoms with Gasteiger partial charge in [0.15, 0.2) is 0 Å². The highest BCUT2D eigenvalue weighted by molar-refractivity contribution is 6.33. The minimum absolute atomic E-state index is 0.0623. The third-order valence-electron chi connectivity index (χ3n) is 3.75. The fraction of sp³-hybridized carbons (Fsp3) is 0.0556. The lowest BCUT2D eigenvalue weighted by atomic mass is 10.2. The third-order valence-corrected chi connectivity index (χ3v) is 4.08. The number of methoxy groups -OCH3 is 1. The quantitative estimate of drug-likeness (QED) is 0.395. The topological polar surface area (TPSA) is 131 Å². The van der Waals surface area contributed by atoms with E-state index in [2.05, 4.69) is 26.1 Å². The van der Waals surface area contributed by atoms with Gasteiger partial charge in [0.1, 0.15) is 12.1 Å². The van der Waals surface area contributed by atoms with Gasteiger partial charge in [-0.2, -0.15) is 0 Å². The van der Waals surface area contributed by atoms with Crippen molar-refractivity contribution in [2.45, 2.75) is 0 Å². The van der Waals surface area contributed by atoms with Crippen LogP contribution in [0.3, 0.4) is 0 Å². The van der Waals surface area contributed by atoms with E-state index in [1.165, 1.54) is 13.2 Å². The predicted molar refractivity (Wildman–Crippen MR) is 108 cm³/mol. The summed E-state index contributed by atoms with van der Waals surface area (Å²) in [5.41, 5.74) is 5.08. The Labute approximate surface area is 170 Å². The second-order valence-corrected chi connectivity index (χ2v) is 6.00. The second-order valence-electron chi connectivity index (χ2n) is 5.59. The van der Waals surface area contributed by atoms with Crippen LogP contribution in [0.1, 0.15) is 10.4 Å². The van der Waals surface area contributed by atoms with Crippen molar-refractivity contribution in [1.82, 2.24) is 15.4 Å². The minimum atomic E-state index is -0.660. The first-order valence-corrected chi connectivity index (χ1v) is 8.58. The van der Waals surface area contributed by atoms with E-state index >= 15 is 0 Å². The van der Waals surface area contributed by atoms with Gasteiger partial charge in [0.2, 0.25) is 11.6 Å². The molecule has 29 heavy (non-hydrogen) atoms. The smallest absolute Gasteiger partial charge is 0.355 e. The van der Waals surface area contributed by atoms with Gasteiger partial charge in [0.05, 0.1) is 22.6 Å². The Morgan fingerprint density at radius 2 is 1.90 bits per heavy atom. The summed E-state index contributed by atoms with van der Waals surface area (Å²) in [6.45, 7) is 0. The number of aromatic nitrogens is 2. The first-order chi connectivity index (χ1) is 14.0. The molecule has 11 heteroatoms. The van der Waals surface area contributed by atoms with Gasteiger partial charge in [-0.15, -0.1) is 0 Å². The number of ether oxygens (including phenoxy) is 1. The first kappa shape index (κ1) is 19.8. The number of hydrogen-bond acceptors (Lipinski definition) is 8. The van der Waals surface area contributed by atoms with Crippen molar-refractivity contribution in [2.75, 3.05) is 17.9 Å². The maximum absolute atomic E-state index is 12.3. The average molecular weight is 415 g/mol. The van der Waals surface area contributed by atoms with Gasteiger partial charge in [-0.25, -0.2) is 9.97 Å². The largest absolute Gasteiger partial charge is 0.497 e. The summed E-state index contributed by atoms with van der Waals surface area (Å²) in [4.78, 5) is 31.0. The summed E-state index contributed by atoms with van der Waals surface area (Å²) < 4.78 is 5.13. The predicted octanol–water partition coefficient (Wildman–Crippen LogP) is 3.55. The molecule has 1 aromatic heterocycles. The normalized spacial score (nSPS) is 10.1. The third kappa shape index (κ3) is 4.68. The minimum Gasteiger partial charge on any atom is -0.497 e. The molecule has 3 aromatic rings. The van der Waals surface area contributed by atoms with Crippen LogP contribution in [-0.4, -0.2) is 27.9 Å². The van der Waals surface area contributed by atoms with E-state index in [1.807, 2.05) is 0 Å². The van der Waals surface area contributed by atoms with Crippen LogP contribution in [0.5, 0.6) is 5.75 Å². The number of benzene rings is 2. The van der Waals surface area contributed by atoms with Crippen molar-refractivity contribution in [1.29, 1.82) is 0 Å². The van der Waals surface area contributed by atoms with Crippen LogP contribution in [0, 0.1) is 10.1 Å². The molecule has 3 rings (SSSR count). The summed E-state index contributed by atoms with van der Waals surface area (Å²) in [5, 5.41) is 14.7. The highest BCUT2D eigenvalue weighted by atomic mass is 35.5. The molecule has 0 aliphatic heterocycles. The number of anilines is 3. The number of nitrogens with zero attached hydrogens (tertiary/aromatic N) is 3. The molecular formula is C18H15ClN6O4. The van der Waals surface area contributed by atoms with Gasteiger partial charge in [-0.1, -0.05) is 29.8 Å². The van der Waals surface area contributed by atoms with E-state index in [0.29, 0.717) is 11.4 Å². The maximum atomic E-state index is 12.3. The van der Waals surface area contributed by atoms with Crippen molar-refractivity contribution < 1.29 is 14.5 Å². The molecule has 0 saturated carbocycles. The van der Waals surface area contributed by atoms with Crippen molar-refractivity contribution in [3.8, 4) is 5.75 Å². The van der Waals surface area contributed by atoms with Gasteiger partial charge in [-0.3, -0.25) is 25.8 Å². The van der Waals surface area contributed by atoms with Gasteiger partial charge in [0.25, 0.3) is 5.91 Å². The molecule has 2 aromatic carbocycles. The molecule has 0 aliphatic rings. The summed E-state index contributed by atoms with van der Waals surface area (Å²) >= 11 is 5.98. The Morgan fingerprint density at radius 1 is 1.14 bits per heavy atom. The van der Waals surface area contributed by atoms with Crippen LogP contribution in [-0.2, 0) is 0 Å². The van der Waals surface area contributed by atoms with Gasteiger partial charge >= 0.3 is 5.69 Å². The Bertz CT molecular complexity index is 1060. The lowest BCUT2D eigenvalue weighted by molar-refractivity contribution is -0.383. The summed E-state index contributed by atoms with van der Waals surface area (Å²) in [6, 6.07) is 13.2. The fourth-order valence-corrected chi connectivity index (χ4v) is 2.62. The van der Waals surface area contributed by atoms with Crippen LogP contribution in [0.2, 0.25) is 5.02 Å². The van der Waals surface area contributed by atoms with Crippen molar-refractivity contribution >= 4 is 40.5 Å². The maximum Gasteiger partial charge on any atom is 0.355 e. The fourth-order valence-electron chi connectivity index (χ4n) is 2.40. The summed E-state index contributed by atoms with van der Waals surface area (Å²) in [5.74, 6) is -0.272. The zero-order valence-electron chi connectivity index (χ0n) is 15.0. The SMILES string of the molecule is COc1cccc(Nc2ncnc(NNC(=O)c3ccccc3Cl)c2[N+](=O)[O-])c1. The lowest BCUT2D eigenvalue weighted by Gasteiger charge is -2.11. The summed E-state index contributed by atoms with van der Waals surface area (Å²) in [6.07, 6.45) is 1.12. The molecule has 0 unspecified atom stereocenters. The number of carbonyl (C=O) groups excluding carboxylic acids is 1. The van der Waals surface area contributed by atoms with Crippen molar-refractivity contribution in [3.05, 3.63) is 75.6 Å². The zero-order valence-corrected chi connectivity index (χ0v) is 15.8. The highest BCUT2D eigenvalue weighted by Crippen LogP contribution is 2.31. The highest BCUT2D eigenvalue weighted by Gasteiger charge is 2.24. The molecule has 3 N–H and O–H groups in total. The summed E-state index contributed by atoms with van der Waals surface area (Å²) in [7, 11) is 1.51. The first-order valence-electron chi connectivity index (χ1n) is 8.21.